The first-order chi connectivity index (χ1) is 6.83. The van der Waals surface area contributed by atoms with E-state index < -0.39 is 0 Å². The molecule has 0 N–H and O–H groups in total. The third-order valence-corrected chi connectivity index (χ3v) is 2.84. The molecule has 0 radical (unpaired) electrons. The molecule has 2 nitrogen and oxygen atoms in total. The average molecular weight is 188 g/mol. The van der Waals surface area contributed by atoms with Crippen LogP contribution in [-0.2, 0) is 19.4 Å². The van der Waals surface area contributed by atoms with E-state index in [1.54, 1.807) is 0 Å². The van der Waals surface area contributed by atoms with Crippen LogP contribution < -0.4 is 0 Å². The van der Waals surface area contributed by atoms with Gasteiger partial charge < -0.3 is 4.57 Å². The number of nitrogens with zero attached hydrogens (tertiary/aromatic N) is 2. The summed E-state index contributed by atoms with van der Waals surface area (Å²) in [6.07, 6.45) is 4.94. The van der Waals surface area contributed by atoms with Gasteiger partial charge in [0.05, 0.1) is 12.2 Å². The van der Waals surface area contributed by atoms with E-state index in [-0.39, 0.29) is 0 Å². The number of rotatable bonds is 1. The summed E-state index contributed by atoms with van der Waals surface area (Å²) >= 11 is 0. The van der Waals surface area contributed by atoms with Gasteiger partial charge in [0.25, 0.3) is 0 Å². The van der Waals surface area contributed by atoms with Gasteiger partial charge in [-0.3, -0.25) is 0 Å². The van der Waals surface area contributed by atoms with Crippen molar-refractivity contribution in [2.75, 3.05) is 0 Å². The molecule has 74 valence electrons. The zero-order chi connectivity index (χ0) is 9.97. The highest BCUT2D eigenvalue weighted by molar-refractivity contribution is 5.21. The monoisotopic (exact) mass is 188 g/mol. The molecule has 1 aromatic heterocycles. The van der Waals surface area contributed by atoms with Crippen LogP contribution in [0.3, 0.4) is 0 Å². The van der Waals surface area contributed by atoms with Crippen molar-refractivity contribution in [1.29, 1.82) is 0 Å². The van der Waals surface area contributed by atoms with Crippen molar-refractivity contribution in [3.05, 3.63) is 17.2 Å². The van der Waals surface area contributed by atoms with Crippen molar-refractivity contribution in [1.82, 2.24) is 9.55 Å². The van der Waals surface area contributed by atoms with Crippen LogP contribution in [0, 0.1) is 18.8 Å². The van der Waals surface area contributed by atoms with Crippen LogP contribution in [0.2, 0.25) is 0 Å². The van der Waals surface area contributed by atoms with Gasteiger partial charge in [0, 0.05) is 5.69 Å². The molecule has 1 aromatic rings. The van der Waals surface area contributed by atoms with Gasteiger partial charge in [-0.05, 0) is 39.5 Å². The number of hydrogen-bond donors (Lipinski definition) is 0. The molecule has 0 aromatic carbocycles. The minimum atomic E-state index is 0.810. The summed E-state index contributed by atoms with van der Waals surface area (Å²) in [5.74, 6) is 7.18. The Kier molecular flexibility index (Phi) is 2.58. The summed E-state index contributed by atoms with van der Waals surface area (Å²) < 4.78 is 2.27. The molecule has 0 bridgehead atoms. The second-order valence-corrected chi connectivity index (χ2v) is 3.77. The van der Waals surface area contributed by atoms with Gasteiger partial charge in [-0.2, -0.15) is 0 Å². The number of imidazole rings is 1. The minimum absolute atomic E-state index is 0.810. The first-order valence-electron chi connectivity index (χ1n) is 5.27. The van der Waals surface area contributed by atoms with E-state index in [0.717, 1.165) is 18.8 Å². The Hall–Kier alpha value is -1.23. The lowest BCUT2D eigenvalue weighted by atomic mass is 10.0. The molecule has 2 heteroatoms. The first-order valence-corrected chi connectivity index (χ1v) is 5.27. The Morgan fingerprint density at radius 1 is 1.36 bits per heavy atom. The van der Waals surface area contributed by atoms with E-state index in [9.17, 15) is 0 Å². The Labute approximate surface area is 85.3 Å². The number of fused-ring (bicyclic) bond motifs is 1. The second-order valence-electron chi connectivity index (χ2n) is 3.77. The molecule has 0 amide bonds. The van der Waals surface area contributed by atoms with Gasteiger partial charge in [0.2, 0.25) is 0 Å². The number of aromatic nitrogens is 2. The maximum absolute atomic E-state index is 4.60. The summed E-state index contributed by atoms with van der Waals surface area (Å²) in [6, 6.07) is 0. The highest BCUT2D eigenvalue weighted by Crippen LogP contribution is 2.21. The Bertz CT molecular complexity index is 390. The minimum Gasteiger partial charge on any atom is -0.320 e. The lowest BCUT2D eigenvalue weighted by Gasteiger charge is -2.12. The largest absolute Gasteiger partial charge is 0.320 e. The van der Waals surface area contributed by atoms with Crippen LogP contribution in [0.4, 0.5) is 0 Å². The highest BCUT2D eigenvalue weighted by Gasteiger charge is 2.16. The molecule has 0 saturated carbocycles. The fourth-order valence-corrected chi connectivity index (χ4v) is 2.10. The molecular formula is C12H16N2. The van der Waals surface area contributed by atoms with Crippen molar-refractivity contribution in [3.8, 4) is 11.8 Å². The summed E-state index contributed by atoms with van der Waals surface area (Å²) in [7, 11) is 0. The van der Waals surface area contributed by atoms with E-state index in [4.69, 9.17) is 0 Å². The van der Waals surface area contributed by atoms with Crippen molar-refractivity contribution >= 4 is 0 Å². The zero-order valence-corrected chi connectivity index (χ0v) is 8.93. The van der Waals surface area contributed by atoms with Gasteiger partial charge in [-0.15, -0.1) is 5.92 Å². The topological polar surface area (TPSA) is 17.8 Å². The van der Waals surface area contributed by atoms with Crippen molar-refractivity contribution in [2.45, 2.75) is 46.1 Å². The third kappa shape index (κ3) is 1.55. The van der Waals surface area contributed by atoms with Crippen LogP contribution in [0.1, 0.15) is 37.0 Å². The fraction of sp³-hybridized carbons (Fsp3) is 0.583. The molecule has 1 heterocycles. The van der Waals surface area contributed by atoms with Crippen molar-refractivity contribution in [2.24, 2.45) is 0 Å². The predicted octanol–water partition coefficient (Wildman–Crippen LogP) is 2.09. The van der Waals surface area contributed by atoms with Crippen molar-refractivity contribution in [3.63, 3.8) is 0 Å². The standard InChI is InChI=1S/C12H16N2/c1-3-4-9-14-10(2)13-11-7-5-6-8-12(11)14/h5-9H2,1-2H3. The maximum Gasteiger partial charge on any atom is 0.106 e. The quantitative estimate of drug-likeness (QED) is 0.617. The summed E-state index contributed by atoms with van der Waals surface area (Å²) in [5, 5.41) is 0. The smallest absolute Gasteiger partial charge is 0.106 e. The predicted molar refractivity (Wildman–Crippen MR) is 57.1 cm³/mol. The lowest BCUT2D eigenvalue weighted by Crippen LogP contribution is -2.08. The van der Waals surface area contributed by atoms with Crippen LogP contribution in [0.25, 0.3) is 0 Å². The van der Waals surface area contributed by atoms with E-state index >= 15 is 0 Å². The van der Waals surface area contributed by atoms with Gasteiger partial charge in [-0.1, -0.05) is 5.92 Å². The molecule has 1 aliphatic carbocycles. The molecular weight excluding hydrogens is 172 g/mol. The van der Waals surface area contributed by atoms with E-state index in [2.05, 4.69) is 28.3 Å². The third-order valence-electron chi connectivity index (χ3n) is 2.84. The molecule has 0 unspecified atom stereocenters. The fourth-order valence-electron chi connectivity index (χ4n) is 2.10. The Morgan fingerprint density at radius 2 is 2.14 bits per heavy atom. The molecule has 0 fully saturated rings. The molecule has 0 saturated heterocycles. The SMILES string of the molecule is CC#CCn1c(C)nc2c1CCCC2. The van der Waals surface area contributed by atoms with Gasteiger partial charge in [0.1, 0.15) is 5.82 Å². The Balaban J connectivity index is 2.35. The normalized spacial score (nSPS) is 14.4. The Morgan fingerprint density at radius 3 is 2.93 bits per heavy atom. The van der Waals surface area contributed by atoms with Gasteiger partial charge in [-0.25, -0.2) is 4.98 Å². The highest BCUT2D eigenvalue weighted by atomic mass is 15.1. The van der Waals surface area contributed by atoms with Crippen LogP contribution in [0.5, 0.6) is 0 Å². The van der Waals surface area contributed by atoms with Crippen LogP contribution in [0.15, 0.2) is 0 Å². The van der Waals surface area contributed by atoms with E-state index in [1.165, 1.54) is 30.7 Å². The van der Waals surface area contributed by atoms with Crippen LogP contribution >= 0.6 is 0 Å². The lowest BCUT2D eigenvalue weighted by molar-refractivity contribution is 0.631. The molecule has 0 aliphatic heterocycles. The molecule has 0 atom stereocenters. The summed E-state index contributed by atoms with van der Waals surface area (Å²) in [4.78, 5) is 4.60. The van der Waals surface area contributed by atoms with Gasteiger partial charge >= 0.3 is 0 Å². The molecule has 0 spiro atoms. The van der Waals surface area contributed by atoms with E-state index in [0.29, 0.717) is 0 Å². The first kappa shape index (κ1) is 9.33. The molecule has 14 heavy (non-hydrogen) atoms. The average Bonchev–Trinajstić information content (AvgIpc) is 2.51. The van der Waals surface area contributed by atoms with Crippen LogP contribution in [-0.4, -0.2) is 9.55 Å². The molecule has 2 rings (SSSR count). The number of aryl methyl sites for hydroxylation is 2. The van der Waals surface area contributed by atoms with E-state index in [1.807, 2.05) is 6.92 Å². The summed E-state index contributed by atoms with van der Waals surface area (Å²) in [6.45, 7) is 4.78. The number of hydrogen-bond acceptors (Lipinski definition) is 1. The maximum atomic E-state index is 4.60. The van der Waals surface area contributed by atoms with Gasteiger partial charge in [0.15, 0.2) is 0 Å². The van der Waals surface area contributed by atoms with Crippen molar-refractivity contribution < 1.29 is 0 Å². The summed E-state index contributed by atoms with van der Waals surface area (Å²) in [5.41, 5.74) is 2.74. The molecule has 1 aliphatic rings. The second kappa shape index (κ2) is 3.88. The zero-order valence-electron chi connectivity index (χ0n) is 8.93.